The molecule has 2 aromatic rings. The number of alkyl halides is 3. The van der Waals surface area contributed by atoms with Gasteiger partial charge >= 0.3 is 6.36 Å². The number of benzene rings is 1. The molecule has 0 aliphatic carbocycles. The van der Waals surface area contributed by atoms with Crippen molar-refractivity contribution >= 4 is 5.69 Å². The Kier molecular flexibility index (Phi) is 3.33. The Balaban J connectivity index is 2.38. The molecule has 1 heterocycles. The Morgan fingerprint density at radius 1 is 1.11 bits per heavy atom. The summed E-state index contributed by atoms with van der Waals surface area (Å²) in [6, 6.07) is 7.78. The van der Waals surface area contributed by atoms with Crippen LogP contribution in [0.5, 0.6) is 5.75 Å². The number of halogens is 3. The van der Waals surface area contributed by atoms with Crippen LogP contribution in [0.15, 0.2) is 36.5 Å². The van der Waals surface area contributed by atoms with Crippen LogP contribution in [0.2, 0.25) is 0 Å². The lowest BCUT2D eigenvalue weighted by atomic mass is 10.1. The minimum Gasteiger partial charge on any atom is -0.404 e. The van der Waals surface area contributed by atoms with Gasteiger partial charge in [-0.3, -0.25) is 4.98 Å². The third-order valence-corrected chi connectivity index (χ3v) is 2.48. The number of anilines is 1. The van der Waals surface area contributed by atoms with E-state index in [-0.39, 0.29) is 5.69 Å². The summed E-state index contributed by atoms with van der Waals surface area (Å²) in [4.78, 5) is 4.09. The van der Waals surface area contributed by atoms with Crippen LogP contribution in [0.4, 0.5) is 18.9 Å². The molecule has 0 aliphatic heterocycles. The van der Waals surface area contributed by atoms with Crippen molar-refractivity contribution in [2.45, 2.75) is 13.3 Å². The zero-order valence-electron chi connectivity index (χ0n) is 10.0. The standard InChI is InChI=1S/C13H11F3N2O/c1-8-2-3-10(7-18-8)9-4-5-11(17)12(6-9)19-13(14,15)16/h2-7H,17H2,1H3. The zero-order valence-corrected chi connectivity index (χ0v) is 10.0. The number of rotatable bonds is 2. The normalized spacial score (nSPS) is 11.4. The molecule has 0 spiro atoms. The van der Waals surface area contributed by atoms with Crippen LogP contribution >= 0.6 is 0 Å². The van der Waals surface area contributed by atoms with Crippen LogP contribution < -0.4 is 10.5 Å². The average molecular weight is 268 g/mol. The zero-order chi connectivity index (χ0) is 14.0. The highest BCUT2D eigenvalue weighted by Gasteiger charge is 2.32. The molecule has 0 radical (unpaired) electrons. The van der Waals surface area contributed by atoms with E-state index in [2.05, 4.69) is 9.72 Å². The van der Waals surface area contributed by atoms with Crippen molar-refractivity contribution in [2.24, 2.45) is 0 Å². The lowest BCUT2D eigenvalue weighted by Crippen LogP contribution is -2.18. The molecule has 100 valence electrons. The molecule has 2 rings (SSSR count). The SMILES string of the molecule is Cc1ccc(-c2ccc(N)c(OC(F)(F)F)c2)cn1. The molecule has 0 amide bonds. The summed E-state index contributed by atoms with van der Waals surface area (Å²) < 4.78 is 40.5. The van der Waals surface area contributed by atoms with Gasteiger partial charge in [0.2, 0.25) is 0 Å². The van der Waals surface area contributed by atoms with Gasteiger partial charge in [0.1, 0.15) is 0 Å². The van der Waals surface area contributed by atoms with E-state index in [0.717, 1.165) is 5.69 Å². The van der Waals surface area contributed by atoms with Crippen molar-refractivity contribution in [3.05, 3.63) is 42.2 Å². The fourth-order valence-electron chi connectivity index (χ4n) is 1.57. The summed E-state index contributed by atoms with van der Waals surface area (Å²) >= 11 is 0. The molecule has 0 saturated carbocycles. The molecule has 2 N–H and O–H groups in total. The largest absolute Gasteiger partial charge is 0.573 e. The van der Waals surface area contributed by atoms with E-state index in [4.69, 9.17) is 5.73 Å². The molecule has 0 bridgehead atoms. The van der Waals surface area contributed by atoms with Gasteiger partial charge in [0, 0.05) is 17.5 Å². The lowest BCUT2D eigenvalue weighted by Gasteiger charge is -2.12. The molecular weight excluding hydrogens is 257 g/mol. The molecular formula is C13H11F3N2O. The third kappa shape index (κ3) is 3.37. The Morgan fingerprint density at radius 3 is 2.37 bits per heavy atom. The number of pyridine rings is 1. The van der Waals surface area contributed by atoms with Gasteiger partial charge in [-0.25, -0.2) is 0 Å². The van der Waals surface area contributed by atoms with Crippen LogP contribution in [-0.2, 0) is 0 Å². The molecule has 0 fully saturated rings. The number of ether oxygens (including phenoxy) is 1. The van der Waals surface area contributed by atoms with E-state index in [0.29, 0.717) is 11.1 Å². The molecule has 0 unspecified atom stereocenters. The highest BCUT2D eigenvalue weighted by Crippen LogP contribution is 2.32. The minimum atomic E-state index is -4.77. The van der Waals surface area contributed by atoms with Gasteiger partial charge in [-0.1, -0.05) is 12.1 Å². The molecule has 3 nitrogen and oxygen atoms in total. The second kappa shape index (κ2) is 4.79. The minimum absolute atomic E-state index is 0.0684. The maximum atomic E-state index is 12.2. The van der Waals surface area contributed by atoms with Gasteiger partial charge < -0.3 is 10.5 Å². The summed E-state index contributed by atoms with van der Waals surface area (Å²) in [6.07, 6.45) is -3.18. The van der Waals surface area contributed by atoms with Gasteiger partial charge in [0.25, 0.3) is 0 Å². The van der Waals surface area contributed by atoms with Crippen LogP contribution in [0.3, 0.4) is 0 Å². The first kappa shape index (κ1) is 13.2. The molecule has 0 atom stereocenters. The number of aryl methyl sites for hydroxylation is 1. The predicted molar refractivity (Wildman–Crippen MR) is 65.5 cm³/mol. The average Bonchev–Trinajstić information content (AvgIpc) is 2.31. The van der Waals surface area contributed by atoms with Crippen LogP contribution in [0, 0.1) is 6.92 Å². The number of aromatic nitrogens is 1. The molecule has 1 aromatic heterocycles. The van der Waals surface area contributed by atoms with Gasteiger partial charge in [0.15, 0.2) is 5.75 Å². The van der Waals surface area contributed by atoms with Crippen molar-refractivity contribution < 1.29 is 17.9 Å². The molecule has 19 heavy (non-hydrogen) atoms. The smallest absolute Gasteiger partial charge is 0.404 e. The Bertz CT molecular complexity index is 579. The maximum Gasteiger partial charge on any atom is 0.573 e. The Morgan fingerprint density at radius 2 is 1.79 bits per heavy atom. The van der Waals surface area contributed by atoms with Crippen LogP contribution in [0.25, 0.3) is 11.1 Å². The summed E-state index contributed by atoms with van der Waals surface area (Å²) in [5.74, 6) is -0.412. The summed E-state index contributed by atoms with van der Waals surface area (Å²) in [7, 11) is 0. The number of hydrogen-bond acceptors (Lipinski definition) is 3. The highest BCUT2D eigenvalue weighted by molar-refractivity contribution is 5.69. The molecule has 6 heteroatoms. The van der Waals surface area contributed by atoms with Gasteiger partial charge in [-0.2, -0.15) is 0 Å². The first-order valence-electron chi connectivity index (χ1n) is 5.43. The predicted octanol–water partition coefficient (Wildman–Crippen LogP) is 3.54. The first-order valence-corrected chi connectivity index (χ1v) is 5.43. The van der Waals surface area contributed by atoms with E-state index in [1.165, 1.54) is 12.1 Å². The van der Waals surface area contributed by atoms with Crippen LogP contribution in [-0.4, -0.2) is 11.3 Å². The van der Waals surface area contributed by atoms with E-state index in [1.807, 2.05) is 6.92 Å². The van der Waals surface area contributed by atoms with Crippen molar-refractivity contribution in [1.29, 1.82) is 0 Å². The van der Waals surface area contributed by atoms with E-state index in [1.54, 1.807) is 24.4 Å². The third-order valence-electron chi connectivity index (χ3n) is 2.48. The highest BCUT2D eigenvalue weighted by atomic mass is 19.4. The number of hydrogen-bond donors (Lipinski definition) is 1. The number of nitrogens with zero attached hydrogens (tertiary/aromatic N) is 1. The van der Waals surface area contributed by atoms with Gasteiger partial charge in [-0.15, -0.1) is 13.2 Å². The Hall–Kier alpha value is -2.24. The van der Waals surface area contributed by atoms with Crippen molar-refractivity contribution in [3.63, 3.8) is 0 Å². The van der Waals surface area contributed by atoms with E-state index < -0.39 is 12.1 Å². The Labute approximate surface area is 107 Å². The number of nitrogen functional groups attached to an aromatic ring is 1. The fourth-order valence-corrected chi connectivity index (χ4v) is 1.57. The first-order chi connectivity index (χ1) is 8.85. The summed E-state index contributed by atoms with van der Waals surface area (Å²) in [5, 5.41) is 0. The topological polar surface area (TPSA) is 48.1 Å². The van der Waals surface area contributed by atoms with Crippen molar-refractivity contribution in [3.8, 4) is 16.9 Å². The molecule has 0 saturated heterocycles. The summed E-state index contributed by atoms with van der Waals surface area (Å²) in [5.41, 5.74) is 7.46. The summed E-state index contributed by atoms with van der Waals surface area (Å²) in [6.45, 7) is 1.82. The molecule has 0 aliphatic rings. The quantitative estimate of drug-likeness (QED) is 0.847. The van der Waals surface area contributed by atoms with E-state index in [9.17, 15) is 13.2 Å². The van der Waals surface area contributed by atoms with Gasteiger partial charge in [-0.05, 0) is 30.7 Å². The second-order valence-electron chi connectivity index (χ2n) is 3.99. The van der Waals surface area contributed by atoms with E-state index >= 15 is 0 Å². The lowest BCUT2D eigenvalue weighted by molar-refractivity contribution is -0.274. The monoisotopic (exact) mass is 268 g/mol. The molecule has 1 aromatic carbocycles. The maximum absolute atomic E-state index is 12.2. The van der Waals surface area contributed by atoms with Gasteiger partial charge in [0.05, 0.1) is 5.69 Å². The van der Waals surface area contributed by atoms with Crippen molar-refractivity contribution in [1.82, 2.24) is 4.98 Å². The second-order valence-corrected chi connectivity index (χ2v) is 3.99. The number of nitrogens with two attached hydrogens (primary N) is 1. The fraction of sp³-hybridized carbons (Fsp3) is 0.154. The van der Waals surface area contributed by atoms with Crippen molar-refractivity contribution in [2.75, 3.05) is 5.73 Å². The van der Waals surface area contributed by atoms with Crippen LogP contribution in [0.1, 0.15) is 5.69 Å².